The largest absolute Gasteiger partial charge is 0.478 e. The van der Waals surface area contributed by atoms with Crippen LogP contribution in [0.1, 0.15) is 52.6 Å². The minimum Gasteiger partial charge on any atom is -0.478 e. The molecule has 24 heavy (non-hydrogen) atoms. The van der Waals surface area contributed by atoms with Crippen molar-refractivity contribution in [2.24, 2.45) is 0 Å². The van der Waals surface area contributed by atoms with Crippen LogP contribution in [0.25, 0.3) is 0 Å². The molecule has 2 N–H and O–H groups in total. The molecule has 0 amide bonds. The molecule has 0 spiro atoms. The quantitative estimate of drug-likeness (QED) is 0.760. The third-order valence-electron chi connectivity index (χ3n) is 3.35. The summed E-state index contributed by atoms with van der Waals surface area (Å²) in [4.78, 5) is 21.1. The zero-order chi connectivity index (χ0) is 17.6. The van der Waals surface area contributed by atoms with Gasteiger partial charge >= 0.3 is 11.9 Å². The number of carbonyl (C=O) groups is 2. The molecule has 0 heterocycles. The molecule has 5 heteroatoms. The first kappa shape index (κ1) is 22.0. The third-order valence-corrected chi connectivity index (χ3v) is 3.35. The predicted molar refractivity (Wildman–Crippen MR) is 90.2 cm³/mol. The van der Waals surface area contributed by atoms with E-state index in [1.54, 1.807) is 43.3 Å². The van der Waals surface area contributed by atoms with Gasteiger partial charge in [-0.3, -0.25) is 0 Å². The summed E-state index contributed by atoms with van der Waals surface area (Å²) in [6, 6.07) is 14.0. The number of hydrogen-bond acceptors (Lipinski definition) is 2. The predicted octanol–water partition coefficient (Wildman–Crippen LogP) is 4.37. The molecule has 0 radical (unpaired) electrons. The van der Waals surface area contributed by atoms with Crippen LogP contribution >= 0.6 is 0 Å². The zero-order valence-electron chi connectivity index (χ0n) is 14.5. The monoisotopic (exact) mass is 378 g/mol. The summed E-state index contributed by atoms with van der Waals surface area (Å²) >= 11 is 0. The molecule has 0 saturated carbocycles. The van der Waals surface area contributed by atoms with Crippen LogP contribution in [-0.4, -0.2) is 22.2 Å². The molecule has 2 aromatic rings. The first-order chi connectivity index (χ1) is 10.6. The summed E-state index contributed by atoms with van der Waals surface area (Å²) < 4.78 is 0. The fraction of sp³-hybridized carbons (Fsp3) is 0.263. The Kier molecular flexibility index (Phi) is 8.56. The van der Waals surface area contributed by atoms with E-state index in [4.69, 9.17) is 10.2 Å². The van der Waals surface area contributed by atoms with Gasteiger partial charge in [-0.15, -0.1) is 0 Å². The molecule has 0 fully saturated rings. The van der Waals surface area contributed by atoms with Crippen LogP contribution in [0.4, 0.5) is 0 Å². The Hall–Kier alpha value is -2.00. The Morgan fingerprint density at radius 3 is 1.88 bits per heavy atom. The van der Waals surface area contributed by atoms with Gasteiger partial charge in [-0.1, -0.05) is 51.1 Å². The number of benzene rings is 2. The minimum atomic E-state index is -0.869. The van der Waals surface area contributed by atoms with Gasteiger partial charge in [0.25, 0.3) is 0 Å². The zero-order valence-corrected chi connectivity index (χ0v) is 17.5. The Bertz CT molecular complexity index is 703. The summed E-state index contributed by atoms with van der Waals surface area (Å²) in [5, 5.41) is 17.3. The summed E-state index contributed by atoms with van der Waals surface area (Å²) in [5.74, 6) is -1.73. The SMILES string of the molecule is CC(C)(C)c1cccc(C(=O)O)c1.Cc1ccccc1C(=O)O.[Zn]. The second-order valence-corrected chi connectivity index (χ2v) is 6.26. The Morgan fingerprint density at radius 2 is 1.46 bits per heavy atom. The van der Waals surface area contributed by atoms with Crippen LogP contribution in [0, 0.1) is 6.92 Å². The second-order valence-electron chi connectivity index (χ2n) is 6.26. The van der Waals surface area contributed by atoms with Gasteiger partial charge in [-0.05, 0) is 41.7 Å². The van der Waals surface area contributed by atoms with Crippen molar-refractivity contribution in [1.82, 2.24) is 0 Å². The molecule has 0 aliphatic heterocycles. The normalized spacial score (nSPS) is 10.0. The summed E-state index contributed by atoms with van der Waals surface area (Å²) in [6.45, 7) is 7.97. The number of rotatable bonds is 2. The van der Waals surface area contributed by atoms with Crippen LogP contribution in [0.3, 0.4) is 0 Å². The Morgan fingerprint density at radius 1 is 0.875 bits per heavy atom. The fourth-order valence-electron chi connectivity index (χ4n) is 1.93. The van der Waals surface area contributed by atoms with Gasteiger partial charge < -0.3 is 10.2 Å². The molecule has 0 bridgehead atoms. The van der Waals surface area contributed by atoms with Gasteiger partial charge in [0.15, 0.2) is 0 Å². The molecular weight excluding hydrogens is 358 g/mol. The van der Waals surface area contributed by atoms with Crippen molar-refractivity contribution in [3.63, 3.8) is 0 Å². The van der Waals surface area contributed by atoms with Gasteiger partial charge in [0.1, 0.15) is 0 Å². The van der Waals surface area contributed by atoms with Gasteiger partial charge in [-0.2, -0.15) is 0 Å². The minimum absolute atomic E-state index is 0. The Balaban J connectivity index is 0.000000436. The third kappa shape index (κ3) is 6.63. The first-order valence-electron chi connectivity index (χ1n) is 7.25. The maximum atomic E-state index is 10.7. The summed E-state index contributed by atoms with van der Waals surface area (Å²) in [7, 11) is 0. The van der Waals surface area contributed by atoms with Crippen LogP contribution in [-0.2, 0) is 24.9 Å². The van der Waals surface area contributed by atoms with E-state index >= 15 is 0 Å². The molecule has 0 saturated heterocycles. The van der Waals surface area contributed by atoms with E-state index in [0.29, 0.717) is 11.1 Å². The van der Waals surface area contributed by atoms with Crippen molar-refractivity contribution in [2.75, 3.05) is 0 Å². The maximum absolute atomic E-state index is 10.7. The summed E-state index contributed by atoms with van der Waals surface area (Å²) in [6.07, 6.45) is 0. The average molecular weight is 380 g/mol. The van der Waals surface area contributed by atoms with Crippen LogP contribution in [0.5, 0.6) is 0 Å². The molecule has 0 unspecified atom stereocenters. The van der Waals surface area contributed by atoms with Crippen LogP contribution in [0.2, 0.25) is 0 Å². The molecule has 4 nitrogen and oxygen atoms in total. The van der Waals surface area contributed by atoms with E-state index in [1.807, 2.05) is 12.1 Å². The van der Waals surface area contributed by atoms with Gasteiger partial charge in [0.05, 0.1) is 11.1 Å². The van der Waals surface area contributed by atoms with Crippen molar-refractivity contribution >= 4 is 11.9 Å². The van der Waals surface area contributed by atoms with Gasteiger partial charge in [0.2, 0.25) is 0 Å². The smallest absolute Gasteiger partial charge is 0.335 e. The van der Waals surface area contributed by atoms with Gasteiger partial charge in [-0.25, -0.2) is 9.59 Å². The van der Waals surface area contributed by atoms with Crippen molar-refractivity contribution in [1.29, 1.82) is 0 Å². The van der Waals surface area contributed by atoms with E-state index in [0.717, 1.165) is 11.1 Å². The molecule has 0 aliphatic rings. The molecule has 0 aliphatic carbocycles. The molecule has 0 aromatic heterocycles. The van der Waals surface area contributed by atoms with Crippen molar-refractivity contribution in [3.05, 3.63) is 70.8 Å². The van der Waals surface area contributed by atoms with E-state index in [2.05, 4.69) is 20.8 Å². The standard InChI is InChI=1S/C11H14O2.C8H8O2.Zn/c1-11(2,3)9-6-4-5-8(7-9)10(12)13;1-6-4-2-3-5-7(6)8(9)10;/h4-7H,1-3H3,(H,12,13);2-5H,1H3,(H,9,10);. The van der Waals surface area contributed by atoms with Crippen LogP contribution < -0.4 is 0 Å². The topological polar surface area (TPSA) is 74.6 Å². The number of carboxylic acids is 2. The first-order valence-corrected chi connectivity index (χ1v) is 7.25. The Labute approximate surface area is 155 Å². The van der Waals surface area contributed by atoms with E-state index in [9.17, 15) is 9.59 Å². The van der Waals surface area contributed by atoms with Crippen molar-refractivity contribution in [2.45, 2.75) is 33.1 Å². The van der Waals surface area contributed by atoms with E-state index in [-0.39, 0.29) is 24.9 Å². The number of carboxylic acid groups (broad SMARTS) is 2. The molecule has 0 atom stereocenters. The number of aromatic carboxylic acids is 2. The number of aryl methyl sites for hydroxylation is 1. The molecule has 2 aromatic carbocycles. The fourth-order valence-corrected chi connectivity index (χ4v) is 1.93. The van der Waals surface area contributed by atoms with Gasteiger partial charge in [0, 0.05) is 19.5 Å². The number of hydrogen-bond donors (Lipinski definition) is 2. The second kappa shape index (κ2) is 9.34. The van der Waals surface area contributed by atoms with E-state index in [1.165, 1.54) is 0 Å². The van der Waals surface area contributed by atoms with Crippen molar-refractivity contribution in [3.8, 4) is 0 Å². The molecular formula is C19H22O4Zn. The maximum Gasteiger partial charge on any atom is 0.335 e. The van der Waals surface area contributed by atoms with Crippen molar-refractivity contribution < 1.29 is 39.3 Å². The van der Waals surface area contributed by atoms with Crippen LogP contribution in [0.15, 0.2) is 48.5 Å². The molecule has 2 rings (SSSR count). The van der Waals surface area contributed by atoms with E-state index < -0.39 is 11.9 Å². The summed E-state index contributed by atoms with van der Waals surface area (Å²) in [5.41, 5.74) is 2.59. The average Bonchev–Trinajstić information content (AvgIpc) is 2.47. The molecule has 124 valence electrons.